The van der Waals surface area contributed by atoms with Gasteiger partial charge in [0, 0.05) is 18.4 Å². The van der Waals surface area contributed by atoms with Crippen LogP contribution in [0.15, 0.2) is 18.2 Å². The quantitative estimate of drug-likeness (QED) is 0.132. The van der Waals surface area contributed by atoms with Crippen molar-refractivity contribution in [2.75, 3.05) is 7.11 Å². The minimum absolute atomic E-state index is 0.0518. The van der Waals surface area contributed by atoms with E-state index in [9.17, 15) is 14.4 Å². The van der Waals surface area contributed by atoms with E-state index in [2.05, 4.69) is 20.8 Å². The fourth-order valence-electron chi connectivity index (χ4n) is 4.74. The van der Waals surface area contributed by atoms with Crippen molar-refractivity contribution in [1.29, 1.82) is 0 Å². The molecule has 6 heteroatoms. The summed E-state index contributed by atoms with van der Waals surface area (Å²) in [5.74, 6) is 2.01. The molecule has 1 aromatic carbocycles. The van der Waals surface area contributed by atoms with Crippen LogP contribution >= 0.6 is 0 Å². The summed E-state index contributed by atoms with van der Waals surface area (Å²) in [5, 5.41) is 0. The Morgan fingerprint density at radius 1 is 0.971 bits per heavy atom. The Kier molecular flexibility index (Phi) is 12.1. The van der Waals surface area contributed by atoms with E-state index in [1.54, 1.807) is 18.2 Å². The van der Waals surface area contributed by atoms with Gasteiger partial charge in [-0.1, -0.05) is 52.9 Å². The zero-order chi connectivity index (χ0) is 24.9. The highest BCUT2D eigenvalue weighted by atomic mass is 16.6. The summed E-state index contributed by atoms with van der Waals surface area (Å²) >= 11 is 0. The third-order valence-corrected chi connectivity index (χ3v) is 6.80. The average molecular weight is 475 g/mol. The number of aldehydes is 1. The molecule has 3 atom stereocenters. The van der Waals surface area contributed by atoms with Crippen LogP contribution in [0.4, 0.5) is 0 Å². The molecule has 0 heterocycles. The lowest BCUT2D eigenvalue weighted by Gasteiger charge is -2.36. The first-order valence-electron chi connectivity index (χ1n) is 12.9. The molecule has 34 heavy (non-hydrogen) atoms. The Morgan fingerprint density at radius 3 is 2.24 bits per heavy atom. The second kappa shape index (κ2) is 14.8. The Labute approximate surface area is 204 Å². The molecular weight excluding hydrogens is 432 g/mol. The molecule has 6 nitrogen and oxygen atoms in total. The smallest absolute Gasteiger partial charge is 0.311 e. The van der Waals surface area contributed by atoms with Crippen LogP contribution in [0.3, 0.4) is 0 Å². The molecule has 0 bridgehead atoms. The summed E-state index contributed by atoms with van der Waals surface area (Å²) in [6.07, 6.45) is 10.6. The summed E-state index contributed by atoms with van der Waals surface area (Å²) in [5.41, 5.74) is 0.466. The van der Waals surface area contributed by atoms with Gasteiger partial charge in [-0.3, -0.25) is 14.4 Å². The second-order valence-electron chi connectivity index (χ2n) is 9.98. The van der Waals surface area contributed by atoms with Crippen molar-refractivity contribution in [3.8, 4) is 11.5 Å². The molecule has 1 saturated carbocycles. The number of unbranched alkanes of at least 4 members (excludes halogenated alkanes) is 5. The summed E-state index contributed by atoms with van der Waals surface area (Å²) in [6.45, 7) is 6.70. The highest BCUT2D eigenvalue weighted by Crippen LogP contribution is 2.35. The molecular formula is C28H42O6. The number of rotatable bonds is 14. The van der Waals surface area contributed by atoms with Crippen LogP contribution in [0.2, 0.25) is 0 Å². The Morgan fingerprint density at radius 2 is 1.62 bits per heavy atom. The minimum atomic E-state index is -0.309. The molecule has 0 saturated heterocycles. The number of benzene rings is 1. The molecule has 0 unspecified atom stereocenters. The van der Waals surface area contributed by atoms with Crippen molar-refractivity contribution in [3.63, 3.8) is 0 Å². The lowest BCUT2D eigenvalue weighted by Crippen LogP contribution is -2.35. The van der Waals surface area contributed by atoms with Gasteiger partial charge in [0.15, 0.2) is 11.5 Å². The van der Waals surface area contributed by atoms with Crippen LogP contribution in [0, 0.1) is 17.8 Å². The van der Waals surface area contributed by atoms with Crippen LogP contribution in [0.1, 0.15) is 102 Å². The van der Waals surface area contributed by atoms with Crippen LogP contribution in [0.25, 0.3) is 0 Å². The van der Waals surface area contributed by atoms with Crippen molar-refractivity contribution in [1.82, 2.24) is 0 Å². The maximum atomic E-state index is 12.3. The monoisotopic (exact) mass is 474 g/mol. The van der Waals surface area contributed by atoms with Crippen LogP contribution in [-0.2, 0) is 14.3 Å². The second-order valence-corrected chi connectivity index (χ2v) is 9.98. The van der Waals surface area contributed by atoms with E-state index in [1.807, 2.05) is 0 Å². The lowest BCUT2D eigenvalue weighted by atomic mass is 9.75. The molecule has 0 spiro atoms. The van der Waals surface area contributed by atoms with E-state index in [0.717, 1.165) is 57.7 Å². The Hall–Kier alpha value is -2.37. The largest absolute Gasteiger partial charge is 0.493 e. The lowest BCUT2D eigenvalue weighted by molar-refractivity contribution is -0.156. The first-order valence-corrected chi connectivity index (χ1v) is 12.9. The predicted molar refractivity (Wildman–Crippen MR) is 132 cm³/mol. The molecule has 1 aromatic rings. The van der Waals surface area contributed by atoms with Crippen molar-refractivity contribution < 1.29 is 28.6 Å². The number of hydrogen-bond acceptors (Lipinski definition) is 6. The van der Waals surface area contributed by atoms with E-state index >= 15 is 0 Å². The number of carbonyl (C=O) groups excluding carboxylic acids is 3. The van der Waals surface area contributed by atoms with Crippen molar-refractivity contribution in [3.05, 3.63) is 23.8 Å². The van der Waals surface area contributed by atoms with Crippen molar-refractivity contribution in [2.45, 2.75) is 97.5 Å². The van der Waals surface area contributed by atoms with Gasteiger partial charge >= 0.3 is 11.9 Å². The number of hydrogen-bond donors (Lipinski definition) is 0. The minimum Gasteiger partial charge on any atom is -0.493 e. The molecule has 1 aliphatic rings. The molecule has 0 N–H and O–H groups in total. The van der Waals surface area contributed by atoms with Crippen LogP contribution in [0.5, 0.6) is 11.5 Å². The molecule has 0 radical (unpaired) electrons. The molecule has 1 aliphatic carbocycles. The number of ether oxygens (including phenoxy) is 3. The molecule has 0 aliphatic heterocycles. The first kappa shape index (κ1) is 27.9. The van der Waals surface area contributed by atoms with E-state index in [4.69, 9.17) is 14.2 Å². The molecule has 190 valence electrons. The summed E-state index contributed by atoms with van der Waals surface area (Å²) < 4.78 is 16.4. The van der Waals surface area contributed by atoms with E-state index in [1.165, 1.54) is 13.5 Å². The summed E-state index contributed by atoms with van der Waals surface area (Å²) in [4.78, 5) is 35.3. The Bertz CT molecular complexity index is 787. The zero-order valence-corrected chi connectivity index (χ0v) is 21.3. The van der Waals surface area contributed by atoms with Gasteiger partial charge in [0.1, 0.15) is 12.4 Å². The van der Waals surface area contributed by atoms with Crippen LogP contribution < -0.4 is 9.47 Å². The fraction of sp³-hybridized carbons (Fsp3) is 0.679. The van der Waals surface area contributed by atoms with Gasteiger partial charge in [0.25, 0.3) is 0 Å². The van der Waals surface area contributed by atoms with Crippen LogP contribution in [-0.4, -0.2) is 31.4 Å². The van der Waals surface area contributed by atoms with E-state index < -0.39 is 0 Å². The summed E-state index contributed by atoms with van der Waals surface area (Å²) in [6, 6.07) is 4.71. The maximum Gasteiger partial charge on any atom is 0.311 e. The van der Waals surface area contributed by atoms with Gasteiger partial charge in [0.05, 0.1) is 7.11 Å². The highest BCUT2D eigenvalue weighted by Gasteiger charge is 2.33. The fourth-order valence-corrected chi connectivity index (χ4v) is 4.74. The zero-order valence-electron chi connectivity index (χ0n) is 21.3. The third-order valence-electron chi connectivity index (χ3n) is 6.80. The van der Waals surface area contributed by atoms with Gasteiger partial charge in [-0.25, -0.2) is 0 Å². The van der Waals surface area contributed by atoms with Crippen molar-refractivity contribution >= 4 is 18.2 Å². The average Bonchev–Trinajstić information content (AvgIpc) is 2.80. The van der Waals surface area contributed by atoms with Gasteiger partial charge in [-0.2, -0.15) is 0 Å². The highest BCUT2D eigenvalue weighted by molar-refractivity contribution is 5.78. The van der Waals surface area contributed by atoms with Gasteiger partial charge in [-0.15, -0.1) is 0 Å². The predicted octanol–water partition coefficient (Wildman–Crippen LogP) is 6.54. The topological polar surface area (TPSA) is 78.9 Å². The molecule has 2 rings (SSSR count). The number of esters is 2. The standard InChI is InChI=1S/C28H42O6/c1-20(2)23-15-13-21(3)17-25(23)34-28(31)12-10-8-6-5-7-9-11-27(30)33-24-16-14-22(19-29)18-26(24)32-4/h14,16,18-21,23,25H,5-13,15,17H2,1-4H3/t21-,23+,25-/m0/s1. The summed E-state index contributed by atoms with van der Waals surface area (Å²) in [7, 11) is 1.47. The first-order chi connectivity index (χ1) is 16.3. The van der Waals surface area contributed by atoms with Gasteiger partial charge in [-0.05, 0) is 61.6 Å². The van der Waals surface area contributed by atoms with Crippen molar-refractivity contribution in [2.24, 2.45) is 17.8 Å². The molecule has 0 amide bonds. The molecule has 0 aromatic heterocycles. The van der Waals surface area contributed by atoms with Gasteiger partial charge in [0.2, 0.25) is 0 Å². The SMILES string of the molecule is COc1cc(C=O)ccc1OC(=O)CCCCCCCCC(=O)O[C@H]1C[C@@H](C)CC[C@@H]1C(C)C. The van der Waals surface area contributed by atoms with E-state index in [-0.39, 0.29) is 18.0 Å². The molecule has 1 fully saturated rings. The Balaban J connectivity index is 1.55. The van der Waals surface area contributed by atoms with Gasteiger partial charge < -0.3 is 14.2 Å². The number of carbonyl (C=O) groups is 3. The third kappa shape index (κ3) is 9.47. The van der Waals surface area contributed by atoms with E-state index in [0.29, 0.717) is 47.7 Å². The normalized spacial score (nSPS) is 20.1. The number of methoxy groups -OCH3 is 1. The maximum absolute atomic E-state index is 12.3.